The number of hydrogen-bond acceptors (Lipinski definition) is 15. The smallest absolute Gasteiger partial charge is 0.338 e. The van der Waals surface area contributed by atoms with Crippen LogP contribution in [0.2, 0.25) is 0 Å². The predicted molar refractivity (Wildman–Crippen MR) is 264 cm³/mol. The molecule has 15 nitrogen and oxygen atoms in total. The second-order valence-corrected chi connectivity index (χ2v) is 16.3. The summed E-state index contributed by atoms with van der Waals surface area (Å²) in [6.45, 7) is -0.979. The van der Waals surface area contributed by atoms with Gasteiger partial charge in [0.25, 0.3) is 0 Å². The minimum absolute atomic E-state index is 0.0996. The molecule has 372 valence electrons. The first-order valence-corrected chi connectivity index (χ1v) is 23.1. The highest BCUT2D eigenvalue weighted by molar-refractivity contribution is 6.00. The number of esters is 4. The van der Waals surface area contributed by atoms with Gasteiger partial charge in [-0.3, -0.25) is 4.79 Å². The lowest BCUT2D eigenvalue weighted by Crippen LogP contribution is -2.63. The van der Waals surface area contributed by atoms with Crippen LogP contribution in [-0.2, 0) is 35.0 Å². The van der Waals surface area contributed by atoms with Gasteiger partial charge in [0.05, 0.1) is 43.1 Å². The van der Waals surface area contributed by atoms with Crippen molar-refractivity contribution < 1.29 is 71.3 Å². The first-order valence-electron chi connectivity index (χ1n) is 23.1. The van der Waals surface area contributed by atoms with Crippen LogP contribution in [0.5, 0.6) is 23.0 Å². The van der Waals surface area contributed by atoms with E-state index in [2.05, 4.69) is 0 Å². The molecule has 1 fully saturated rings. The molecule has 0 unspecified atom stereocenters. The first kappa shape index (κ1) is 50.6. The highest BCUT2D eigenvalue weighted by Gasteiger charge is 2.54. The van der Waals surface area contributed by atoms with Gasteiger partial charge in [0.2, 0.25) is 5.78 Å². The third kappa shape index (κ3) is 13.1. The van der Waals surface area contributed by atoms with Gasteiger partial charge < -0.3 is 47.4 Å². The van der Waals surface area contributed by atoms with E-state index in [1.165, 1.54) is 56.7 Å². The maximum Gasteiger partial charge on any atom is 0.338 e. The largest absolute Gasteiger partial charge is 0.493 e. The van der Waals surface area contributed by atoms with E-state index in [4.69, 9.17) is 47.4 Å². The van der Waals surface area contributed by atoms with Crippen molar-refractivity contribution in [1.82, 2.24) is 0 Å². The summed E-state index contributed by atoms with van der Waals surface area (Å²) in [5.74, 6) is -2.92. The Morgan fingerprint density at radius 3 is 1.47 bits per heavy atom. The predicted octanol–water partition coefficient (Wildman–Crippen LogP) is 9.19. The molecule has 0 radical (unpaired) electrons. The third-order valence-electron chi connectivity index (χ3n) is 11.5. The van der Waals surface area contributed by atoms with Crippen molar-refractivity contribution >= 4 is 29.7 Å². The summed E-state index contributed by atoms with van der Waals surface area (Å²) in [6.07, 6.45) is -9.78. The summed E-state index contributed by atoms with van der Waals surface area (Å²) < 4.78 is 61.1. The molecule has 0 aliphatic carbocycles. The second kappa shape index (κ2) is 24.9. The van der Waals surface area contributed by atoms with Crippen LogP contribution in [-0.4, -0.2) is 93.9 Å². The highest BCUT2D eigenvalue weighted by atomic mass is 16.7. The normalized spacial score (nSPS) is 17.4. The summed E-state index contributed by atoms with van der Waals surface area (Å²) in [7, 11) is 2.89. The zero-order valence-electron chi connectivity index (χ0n) is 39.7. The van der Waals surface area contributed by atoms with E-state index in [0.29, 0.717) is 11.5 Å². The quantitative estimate of drug-likeness (QED) is 0.0378. The van der Waals surface area contributed by atoms with E-state index in [9.17, 15) is 24.0 Å². The molecule has 0 N–H and O–H groups in total. The van der Waals surface area contributed by atoms with E-state index in [-0.39, 0.29) is 45.9 Å². The monoisotopic (exact) mass is 986 g/mol. The highest BCUT2D eigenvalue weighted by Crippen LogP contribution is 2.35. The van der Waals surface area contributed by atoms with Crippen LogP contribution < -0.4 is 18.9 Å². The fourth-order valence-electron chi connectivity index (χ4n) is 7.74. The van der Waals surface area contributed by atoms with Gasteiger partial charge >= 0.3 is 23.9 Å². The lowest BCUT2D eigenvalue weighted by Gasteiger charge is -2.44. The summed E-state index contributed by atoms with van der Waals surface area (Å²) in [5.41, 5.74) is 1.57. The molecule has 6 atom stereocenters. The number of para-hydroxylation sites is 2. The summed E-state index contributed by atoms with van der Waals surface area (Å²) >= 11 is 0. The third-order valence-corrected chi connectivity index (χ3v) is 11.5. The molecule has 0 saturated carbocycles. The summed E-state index contributed by atoms with van der Waals surface area (Å²) in [5, 5.41) is 0. The Morgan fingerprint density at radius 2 is 0.932 bits per heavy atom. The van der Waals surface area contributed by atoms with Gasteiger partial charge in [-0.15, -0.1) is 0 Å². The van der Waals surface area contributed by atoms with Gasteiger partial charge in [0.1, 0.15) is 19.3 Å². The molecule has 1 heterocycles. The van der Waals surface area contributed by atoms with Gasteiger partial charge in [-0.1, -0.05) is 115 Å². The van der Waals surface area contributed by atoms with E-state index >= 15 is 0 Å². The molecule has 8 rings (SSSR count). The molecule has 0 bridgehead atoms. The molecule has 1 aliphatic rings. The van der Waals surface area contributed by atoms with Crippen molar-refractivity contribution in [2.75, 3.05) is 27.4 Å². The minimum Gasteiger partial charge on any atom is -0.493 e. The number of hydrogen-bond donors (Lipinski definition) is 0. The van der Waals surface area contributed by atoms with Crippen molar-refractivity contribution in [3.05, 3.63) is 228 Å². The number of Topliss-reactive ketones (excluding diaryl/α,β-unsaturated/α-hetero) is 1. The van der Waals surface area contributed by atoms with Gasteiger partial charge in [-0.2, -0.15) is 0 Å². The number of ether oxygens (including phenoxy) is 10. The second-order valence-electron chi connectivity index (χ2n) is 16.3. The minimum atomic E-state index is -1.74. The lowest BCUT2D eigenvalue weighted by molar-refractivity contribution is -0.300. The van der Waals surface area contributed by atoms with Crippen LogP contribution in [0.25, 0.3) is 0 Å². The Hall–Kier alpha value is -8.79. The van der Waals surface area contributed by atoms with Crippen LogP contribution in [0.15, 0.2) is 194 Å². The van der Waals surface area contributed by atoms with Crippen LogP contribution in [0.4, 0.5) is 0 Å². The lowest BCUT2D eigenvalue weighted by atomic mass is 9.97. The molecule has 7 aromatic rings. The Bertz CT molecular complexity index is 2940. The number of carbonyl (C=O) groups excluding carboxylic acids is 5. The van der Waals surface area contributed by atoms with Gasteiger partial charge in [0, 0.05) is 5.56 Å². The zero-order chi connectivity index (χ0) is 50.9. The van der Waals surface area contributed by atoms with E-state index in [1.807, 2.05) is 30.3 Å². The van der Waals surface area contributed by atoms with Crippen molar-refractivity contribution in [2.24, 2.45) is 0 Å². The molecule has 73 heavy (non-hydrogen) atoms. The Balaban J connectivity index is 1.18. The van der Waals surface area contributed by atoms with E-state index in [1.54, 1.807) is 121 Å². The molecule has 7 aromatic carbocycles. The fraction of sp³-hybridized carbons (Fsp3) is 0.190. The van der Waals surface area contributed by atoms with Crippen LogP contribution in [0.1, 0.15) is 57.4 Å². The summed E-state index contributed by atoms with van der Waals surface area (Å²) in [4.78, 5) is 70.7. The number of rotatable bonds is 21. The molecule has 0 spiro atoms. The Kier molecular flexibility index (Phi) is 17.2. The number of benzene rings is 7. The molecular weight excluding hydrogens is 937 g/mol. The average Bonchev–Trinajstić information content (AvgIpc) is 3.45. The van der Waals surface area contributed by atoms with Crippen molar-refractivity contribution in [1.29, 1.82) is 0 Å². The van der Waals surface area contributed by atoms with E-state index in [0.717, 1.165) is 5.56 Å². The standard InChI is InChI=1S/C58H50O15/c1-64-44-30-18-19-31-46(44)69-48(50(59)43-32-33-45(47(34-43)65-2)66-35-38-20-8-3-9-21-38)36-68-58-53(73-57(63)42-28-16-7-17-29-42)52(72-56(62)41-26-14-6-15-27-41)51(71-55(61)40-24-12-5-13-25-40)49(70-58)37-67-54(60)39-22-10-4-11-23-39/h3-34,48-49,51-53,58H,35-37H2,1-2H3/t48-,49-,51-,52+,53-,58-/m1/s1. The topological polar surface area (TPSA) is 178 Å². The Morgan fingerprint density at radius 1 is 0.466 bits per heavy atom. The van der Waals surface area contributed by atoms with Crippen molar-refractivity contribution in [3.8, 4) is 23.0 Å². The van der Waals surface area contributed by atoms with Crippen molar-refractivity contribution in [2.45, 2.75) is 43.4 Å². The molecule has 15 heteroatoms. The Labute approximate surface area is 421 Å². The summed E-state index contributed by atoms with van der Waals surface area (Å²) in [6, 6.07) is 52.9. The van der Waals surface area contributed by atoms with E-state index < -0.39 is 79.7 Å². The first-order chi connectivity index (χ1) is 35.7. The molecule has 1 saturated heterocycles. The van der Waals surface area contributed by atoms with Gasteiger partial charge in [0.15, 0.2) is 53.7 Å². The zero-order valence-corrected chi connectivity index (χ0v) is 39.7. The van der Waals surface area contributed by atoms with Crippen LogP contribution in [0.3, 0.4) is 0 Å². The van der Waals surface area contributed by atoms with Crippen LogP contribution >= 0.6 is 0 Å². The molecule has 0 aromatic heterocycles. The molecule has 0 amide bonds. The number of methoxy groups -OCH3 is 2. The maximum absolute atomic E-state index is 14.8. The molecular formula is C58H50O15. The van der Waals surface area contributed by atoms with Gasteiger partial charge in [-0.25, -0.2) is 19.2 Å². The SMILES string of the molecule is COc1cc(C(=O)[C@@H](CO[C@@H]2O[C@H](COC(=O)c3ccccc3)[C@@H](OC(=O)c3ccccc3)[C@H](OC(=O)c3ccccc3)[C@H]2OC(=O)c2ccccc2)Oc2ccccc2OC)ccc1OCc1ccccc1. The molecule has 1 aliphatic heterocycles. The van der Waals surface area contributed by atoms with Crippen molar-refractivity contribution in [3.63, 3.8) is 0 Å². The number of ketones is 1. The fourth-order valence-corrected chi connectivity index (χ4v) is 7.74. The number of carbonyl (C=O) groups is 5. The maximum atomic E-state index is 14.8. The van der Waals surface area contributed by atoms with Crippen LogP contribution in [0, 0.1) is 0 Å². The average molecular weight is 987 g/mol. The van der Waals surface area contributed by atoms with Gasteiger partial charge in [-0.05, 0) is 84.4 Å².